The molecular formula is C16H24N4O2. The highest BCUT2D eigenvalue weighted by molar-refractivity contribution is 5.87. The predicted molar refractivity (Wildman–Crippen MR) is 85.9 cm³/mol. The maximum atomic E-state index is 12.1. The summed E-state index contributed by atoms with van der Waals surface area (Å²) in [5, 5.41) is 3.25. The van der Waals surface area contributed by atoms with Gasteiger partial charge in [-0.3, -0.25) is 14.9 Å². The molecule has 0 unspecified atom stereocenters. The summed E-state index contributed by atoms with van der Waals surface area (Å²) in [6, 6.07) is 5.91. The summed E-state index contributed by atoms with van der Waals surface area (Å²) in [5.74, 6) is 0.792. The van der Waals surface area contributed by atoms with Gasteiger partial charge in [0.15, 0.2) is 0 Å². The summed E-state index contributed by atoms with van der Waals surface area (Å²) >= 11 is 0. The highest BCUT2D eigenvalue weighted by atomic mass is 16.6. The van der Waals surface area contributed by atoms with Crippen LogP contribution in [-0.4, -0.2) is 47.0 Å². The highest BCUT2D eigenvalue weighted by Gasteiger charge is 2.24. The molecule has 1 amide bonds. The van der Waals surface area contributed by atoms with Gasteiger partial charge in [-0.2, -0.15) is 0 Å². The van der Waals surface area contributed by atoms with Crippen molar-refractivity contribution in [3.05, 3.63) is 29.6 Å². The van der Waals surface area contributed by atoms with Gasteiger partial charge in [-0.25, -0.2) is 4.79 Å². The first-order valence-corrected chi connectivity index (χ1v) is 7.51. The SMILES string of the molecule is Cc1cccc(CNC2=NCCN(C(=O)OC(C)(C)C)C2)n1. The number of aliphatic imine (C=N–C) groups is 1. The normalized spacial score (nSPS) is 15.3. The van der Waals surface area contributed by atoms with Crippen LogP contribution in [0.4, 0.5) is 4.79 Å². The number of hydrogen-bond acceptors (Lipinski definition) is 5. The Kier molecular flexibility index (Phi) is 5.00. The molecule has 0 aliphatic carbocycles. The summed E-state index contributed by atoms with van der Waals surface area (Å²) in [7, 11) is 0. The molecular weight excluding hydrogens is 280 g/mol. The first kappa shape index (κ1) is 16.3. The summed E-state index contributed by atoms with van der Waals surface area (Å²) in [4.78, 5) is 22.6. The number of pyridine rings is 1. The Hall–Kier alpha value is -2.11. The number of aryl methyl sites for hydroxylation is 1. The number of amides is 1. The molecule has 1 N–H and O–H groups in total. The molecule has 120 valence electrons. The number of carbonyl (C=O) groups is 1. The molecule has 1 aliphatic rings. The zero-order valence-electron chi connectivity index (χ0n) is 13.7. The van der Waals surface area contributed by atoms with Crippen molar-refractivity contribution in [1.82, 2.24) is 15.2 Å². The largest absolute Gasteiger partial charge is 0.444 e. The number of hydrogen-bond donors (Lipinski definition) is 1. The monoisotopic (exact) mass is 304 g/mol. The third kappa shape index (κ3) is 5.02. The van der Waals surface area contributed by atoms with E-state index in [4.69, 9.17) is 4.74 Å². The predicted octanol–water partition coefficient (Wildman–Crippen LogP) is 2.13. The van der Waals surface area contributed by atoms with Gasteiger partial charge in [-0.1, -0.05) is 6.07 Å². The molecule has 6 heteroatoms. The fourth-order valence-electron chi connectivity index (χ4n) is 2.10. The van der Waals surface area contributed by atoms with E-state index in [1.165, 1.54) is 0 Å². The number of ether oxygens (including phenoxy) is 1. The van der Waals surface area contributed by atoms with Crippen LogP contribution in [0.25, 0.3) is 0 Å². The molecule has 1 aromatic rings. The Morgan fingerprint density at radius 1 is 1.41 bits per heavy atom. The Balaban J connectivity index is 1.88. The lowest BCUT2D eigenvalue weighted by Gasteiger charge is -2.29. The minimum atomic E-state index is -0.481. The van der Waals surface area contributed by atoms with Crippen LogP contribution in [0, 0.1) is 6.92 Å². The van der Waals surface area contributed by atoms with Crippen LogP contribution in [0.5, 0.6) is 0 Å². The van der Waals surface area contributed by atoms with Gasteiger partial charge < -0.3 is 10.1 Å². The second-order valence-corrected chi connectivity index (χ2v) is 6.35. The smallest absolute Gasteiger partial charge is 0.410 e. The molecule has 2 rings (SSSR count). The minimum Gasteiger partial charge on any atom is -0.444 e. The van der Waals surface area contributed by atoms with E-state index in [0.717, 1.165) is 17.2 Å². The van der Waals surface area contributed by atoms with Crippen LogP contribution in [0.2, 0.25) is 0 Å². The van der Waals surface area contributed by atoms with Crippen LogP contribution in [0.15, 0.2) is 23.2 Å². The van der Waals surface area contributed by atoms with Crippen molar-refractivity contribution in [3.8, 4) is 0 Å². The van der Waals surface area contributed by atoms with Gasteiger partial charge in [0.05, 0.1) is 25.3 Å². The van der Waals surface area contributed by atoms with Gasteiger partial charge in [0.25, 0.3) is 0 Å². The molecule has 0 saturated carbocycles. The van der Waals surface area contributed by atoms with E-state index in [1.54, 1.807) is 4.90 Å². The number of nitrogens with one attached hydrogen (secondary N) is 1. The van der Waals surface area contributed by atoms with E-state index >= 15 is 0 Å². The van der Waals surface area contributed by atoms with Crippen molar-refractivity contribution in [3.63, 3.8) is 0 Å². The van der Waals surface area contributed by atoms with E-state index < -0.39 is 5.60 Å². The van der Waals surface area contributed by atoms with Gasteiger partial charge in [0, 0.05) is 12.2 Å². The van der Waals surface area contributed by atoms with Crippen molar-refractivity contribution in [2.24, 2.45) is 4.99 Å². The second-order valence-electron chi connectivity index (χ2n) is 6.35. The van der Waals surface area contributed by atoms with Crippen LogP contribution in [0.1, 0.15) is 32.2 Å². The molecule has 0 radical (unpaired) electrons. The van der Waals surface area contributed by atoms with Gasteiger partial charge >= 0.3 is 6.09 Å². The Morgan fingerprint density at radius 2 is 2.18 bits per heavy atom. The average molecular weight is 304 g/mol. The van der Waals surface area contributed by atoms with E-state index in [2.05, 4.69) is 15.3 Å². The van der Waals surface area contributed by atoms with Gasteiger partial charge in [-0.15, -0.1) is 0 Å². The van der Waals surface area contributed by atoms with E-state index in [1.807, 2.05) is 45.9 Å². The van der Waals surface area contributed by atoms with Crippen molar-refractivity contribution in [1.29, 1.82) is 0 Å². The standard InChI is InChI=1S/C16H24N4O2/c1-12-6-5-7-13(19-12)10-18-14-11-20(9-8-17-14)15(21)22-16(2,3)4/h5-7H,8-11H2,1-4H3,(H,17,18). The fraction of sp³-hybridized carbons (Fsp3) is 0.562. The Morgan fingerprint density at radius 3 is 2.86 bits per heavy atom. The summed E-state index contributed by atoms with van der Waals surface area (Å²) in [6.45, 7) is 9.78. The lowest BCUT2D eigenvalue weighted by atomic mass is 10.2. The number of rotatable bonds is 2. The first-order valence-electron chi connectivity index (χ1n) is 7.51. The molecule has 22 heavy (non-hydrogen) atoms. The van der Waals surface area contributed by atoms with Crippen LogP contribution in [-0.2, 0) is 11.3 Å². The molecule has 0 aromatic carbocycles. The van der Waals surface area contributed by atoms with Crippen molar-refractivity contribution >= 4 is 11.9 Å². The average Bonchev–Trinajstić information content (AvgIpc) is 2.44. The molecule has 6 nitrogen and oxygen atoms in total. The molecule has 0 bridgehead atoms. The lowest BCUT2D eigenvalue weighted by molar-refractivity contribution is 0.0276. The van der Waals surface area contributed by atoms with Crippen LogP contribution >= 0.6 is 0 Å². The zero-order chi connectivity index (χ0) is 16.2. The quantitative estimate of drug-likeness (QED) is 0.909. The maximum Gasteiger partial charge on any atom is 0.410 e. The highest BCUT2D eigenvalue weighted by Crippen LogP contribution is 2.11. The molecule has 0 atom stereocenters. The molecule has 0 saturated heterocycles. The maximum absolute atomic E-state index is 12.1. The van der Waals surface area contributed by atoms with Gasteiger partial charge in [-0.05, 0) is 39.8 Å². The van der Waals surface area contributed by atoms with Crippen LogP contribution < -0.4 is 5.32 Å². The third-order valence-corrected chi connectivity index (χ3v) is 3.08. The summed E-state index contributed by atoms with van der Waals surface area (Å²) in [5.41, 5.74) is 1.46. The molecule has 2 heterocycles. The van der Waals surface area contributed by atoms with E-state index in [0.29, 0.717) is 26.2 Å². The second kappa shape index (κ2) is 6.77. The topological polar surface area (TPSA) is 66.8 Å². The molecule has 1 aromatic heterocycles. The molecule has 0 fully saturated rings. The minimum absolute atomic E-state index is 0.296. The summed E-state index contributed by atoms with van der Waals surface area (Å²) < 4.78 is 5.40. The van der Waals surface area contributed by atoms with Gasteiger partial charge in [0.1, 0.15) is 11.4 Å². The Labute approximate surface area is 131 Å². The third-order valence-electron chi connectivity index (χ3n) is 3.08. The number of nitrogens with zero attached hydrogens (tertiary/aromatic N) is 3. The number of carbonyl (C=O) groups excluding carboxylic acids is 1. The fourth-order valence-corrected chi connectivity index (χ4v) is 2.10. The lowest BCUT2D eigenvalue weighted by Crippen LogP contribution is -2.47. The van der Waals surface area contributed by atoms with E-state index in [9.17, 15) is 4.79 Å². The van der Waals surface area contributed by atoms with Crippen molar-refractivity contribution in [2.75, 3.05) is 19.6 Å². The molecule has 1 aliphatic heterocycles. The van der Waals surface area contributed by atoms with E-state index in [-0.39, 0.29) is 6.09 Å². The Bertz CT molecular complexity index is 564. The zero-order valence-corrected chi connectivity index (χ0v) is 13.7. The number of amidine groups is 1. The van der Waals surface area contributed by atoms with Gasteiger partial charge in [0.2, 0.25) is 0 Å². The number of aromatic nitrogens is 1. The first-order chi connectivity index (χ1) is 10.3. The van der Waals surface area contributed by atoms with Crippen LogP contribution in [0.3, 0.4) is 0 Å². The van der Waals surface area contributed by atoms with Crippen molar-refractivity contribution < 1.29 is 9.53 Å². The summed E-state index contributed by atoms with van der Waals surface area (Å²) in [6.07, 6.45) is -0.296. The van der Waals surface area contributed by atoms with Crippen molar-refractivity contribution in [2.45, 2.75) is 39.8 Å². The molecule has 0 spiro atoms.